The zero-order chi connectivity index (χ0) is 13.9. The van der Waals surface area contributed by atoms with Crippen LogP contribution in [0.5, 0.6) is 0 Å². The molecule has 0 aliphatic carbocycles. The van der Waals surface area contributed by atoms with E-state index >= 15 is 0 Å². The lowest BCUT2D eigenvalue weighted by atomic mass is 10.0. The molecule has 3 rings (SSSR count). The van der Waals surface area contributed by atoms with Crippen LogP contribution in [0.25, 0.3) is 0 Å². The molecule has 0 saturated carbocycles. The van der Waals surface area contributed by atoms with Gasteiger partial charge in [-0.1, -0.05) is 18.2 Å². The van der Waals surface area contributed by atoms with E-state index in [0.29, 0.717) is 12.0 Å². The maximum atomic E-state index is 3.71. The third kappa shape index (κ3) is 3.19. The lowest BCUT2D eigenvalue weighted by molar-refractivity contribution is 0.113. The van der Waals surface area contributed by atoms with E-state index in [1.807, 2.05) is 11.8 Å². The molecule has 0 aromatic heterocycles. The number of hydrogen-bond acceptors (Lipinski definition) is 4. The van der Waals surface area contributed by atoms with Gasteiger partial charge in [0.15, 0.2) is 0 Å². The molecule has 1 aromatic carbocycles. The van der Waals surface area contributed by atoms with Gasteiger partial charge in [0.2, 0.25) is 0 Å². The SMILES string of the molecule is CN1CCN(C)C(CNCC2CSc3ccccc32)C1. The zero-order valence-electron chi connectivity index (χ0n) is 12.5. The molecule has 0 bridgehead atoms. The van der Waals surface area contributed by atoms with Crippen molar-refractivity contribution in [2.75, 3.05) is 52.6 Å². The van der Waals surface area contributed by atoms with Crippen molar-refractivity contribution in [2.45, 2.75) is 16.9 Å². The van der Waals surface area contributed by atoms with Crippen LogP contribution in [-0.4, -0.2) is 68.4 Å². The molecule has 2 atom stereocenters. The summed E-state index contributed by atoms with van der Waals surface area (Å²) in [7, 11) is 4.48. The third-order valence-corrected chi connectivity index (χ3v) is 5.80. The summed E-state index contributed by atoms with van der Waals surface area (Å²) >= 11 is 2.00. The summed E-state index contributed by atoms with van der Waals surface area (Å²) in [6, 6.07) is 9.51. The average Bonchev–Trinajstić information content (AvgIpc) is 2.86. The topological polar surface area (TPSA) is 18.5 Å². The van der Waals surface area contributed by atoms with Crippen LogP contribution in [0.15, 0.2) is 29.2 Å². The highest BCUT2D eigenvalue weighted by molar-refractivity contribution is 7.99. The van der Waals surface area contributed by atoms with Crippen molar-refractivity contribution in [3.05, 3.63) is 29.8 Å². The van der Waals surface area contributed by atoms with Crippen LogP contribution in [0, 0.1) is 0 Å². The Hall–Kier alpha value is -0.550. The third-order valence-electron chi connectivity index (χ3n) is 4.55. The van der Waals surface area contributed by atoms with E-state index in [4.69, 9.17) is 0 Å². The van der Waals surface area contributed by atoms with Gasteiger partial charge in [0.25, 0.3) is 0 Å². The lowest BCUT2D eigenvalue weighted by Crippen LogP contribution is -2.54. The Bertz CT molecular complexity index is 451. The molecule has 2 unspecified atom stereocenters. The number of nitrogens with zero attached hydrogens (tertiary/aromatic N) is 2. The van der Waals surface area contributed by atoms with Gasteiger partial charge in [0.1, 0.15) is 0 Å². The highest BCUT2D eigenvalue weighted by atomic mass is 32.2. The van der Waals surface area contributed by atoms with Gasteiger partial charge in [-0.2, -0.15) is 0 Å². The Morgan fingerprint density at radius 1 is 1.20 bits per heavy atom. The van der Waals surface area contributed by atoms with Gasteiger partial charge < -0.3 is 10.2 Å². The first-order chi connectivity index (χ1) is 9.74. The van der Waals surface area contributed by atoms with E-state index in [2.05, 4.69) is 53.5 Å². The molecule has 2 aliphatic rings. The van der Waals surface area contributed by atoms with E-state index in [1.165, 1.54) is 30.3 Å². The summed E-state index contributed by atoms with van der Waals surface area (Å²) in [4.78, 5) is 6.41. The molecular formula is C16H25N3S. The standard InChI is InChI=1S/C16H25N3S/c1-18-7-8-19(2)14(11-18)10-17-9-13-12-20-16-6-4-3-5-15(13)16/h3-6,13-14,17H,7-12H2,1-2H3. The van der Waals surface area contributed by atoms with Crippen molar-refractivity contribution in [1.82, 2.24) is 15.1 Å². The van der Waals surface area contributed by atoms with E-state index in [0.717, 1.165) is 13.1 Å². The summed E-state index contributed by atoms with van der Waals surface area (Å²) < 4.78 is 0. The van der Waals surface area contributed by atoms with Gasteiger partial charge in [0, 0.05) is 55.3 Å². The first-order valence-electron chi connectivity index (χ1n) is 7.55. The number of hydrogen-bond donors (Lipinski definition) is 1. The molecule has 2 aliphatic heterocycles. The molecule has 3 nitrogen and oxygen atoms in total. The molecule has 1 fully saturated rings. The Morgan fingerprint density at radius 2 is 2.05 bits per heavy atom. The van der Waals surface area contributed by atoms with Crippen LogP contribution < -0.4 is 5.32 Å². The van der Waals surface area contributed by atoms with Crippen molar-refractivity contribution >= 4 is 11.8 Å². The number of thioether (sulfide) groups is 1. The first-order valence-corrected chi connectivity index (χ1v) is 8.54. The van der Waals surface area contributed by atoms with Crippen LogP contribution in [-0.2, 0) is 0 Å². The zero-order valence-corrected chi connectivity index (χ0v) is 13.3. The summed E-state index contributed by atoms with van der Waals surface area (Å²) in [5.41, 5.74) is 1.54. The van der Waals surface area contributed by atoms with Crippen molar-refractivity contribution in [3.63, 3.8) is 0 Å². The number of piperazine rings is 1. The van der Waals surface area contributed by atoms with Crippen molar-refractivity contribution in [2.24, 2.45) is 0 Å². The van der Waals surface area contributed by atoms with Crippen LogP contribution >= 0.6 is 11.8 Å². The smallest absolute Gasteiger partial charge is 0.0345 e. The second-order valence-electron chi connectivity index (χ2n) is 6.10. The Balaban J connectivity index is 1.49. The van der Waals surface area contributed by atoms with Crippen molar-refractivity contribution < 1.29 is 0 Å². The Kier molecular flexibility index (Phi) is 4.66. The molecule has 4 heteroatoms. The fraction of sp³-hybridized carbons (Fsp3) is 0.625. The van der Waals surface area contributed by atoms with E-state index in [9.17, 15) is 0 Å². The largest absolute Gasteiger partial charge is 0.314 e. The van der Waals surface area contributed by atoms with Crippen LogP contribution in [0.3, 0.4) is 0 Å². The molecule has 0 amide bonds. The number of benzene rings is 1. The minimum Gasteiger partial charge on any atom is -0.314 e. The molecule has 0 radical (unpaired) electrons. The number of rotatable bonds is 4. The molecule has 110 valence electrons. The predicted octanol–water partition coefficient (Wildman–Crippen LogP) is 1.71. The van der Waals surface area contributed by atoms with Gasteiger partial charge in [-0.05, 0) is 25.7 Å². The number of nitrogens with one attached hydrogen (secondary N) is 1. The van der Waals surface area contributed by atoms with Gasteiger partial charge in [-0.25, -0.2) is 0 Å². The fourth-order valence-electron chi connectivity index (χ4n) is 3.14. The summed E-state index contributed by atoms with van der Waals surface area (Å²) in [5, 5.41) is 3.71. The summed E-state index contributed by atoms with van der Waals surface area (Å²) in [6.45, 7) is 5.77. The second kappa shape index (κ2) is 6.48. The summed E-state index contributed by atoms with van der Waals surface area (Å²) in [5.74, 6) is 1.91. The maximum absolute atomic E-state index is 3.71. The van der Waals surface area contributed by atoms with Gasteiger partial charge in [-0.15, -0.1) is 11.8 Å². The highest BCUT2D eigenvalue weighted by Crippen LogP contribution is 2.38. The predicted molar refractivity (Wildman–Crippen MR) is 86.7 cm³/mol. The van der Waals surface area contributed by atoms with Crippen LogP contribution in [0.2, 0.25) is 0 Å². The van der Waals surface area contributed by atoms with Crippen molar-refractivity contribution in [3.8, 4) is 0 Å². The summed E-state index contributed by atoms with van der Waals surface area (Å²) in [6.07, 6.45) is 0. The van der Waals surface area contributed by atoms with E-state index in [1.54, 1.807) is 5.56 Å². The van der Waals surface area contributed by atoms with E-state index < -0.39 is 0 Å². The lowest BCUT2D eigenvalue weighted by Gasteiger charge is -2.38. The first kappa shape index (κ1) is 14.4. The minimum atomic E-state index is 0.651. The van der Waals surface area contributed by atoms with Crippen LogP contribution in [0.1, 0.15) is 11.5 Å². The molecule has 0 spiro atoms. The normalized spacial score (nSPS) is 27.7. The Morgan fingerprint density at radius 3 is 2.95 bits per heavy atom. The molecule has 1 N–H and O–H groups in total. The molecular weight excluding hydrogens is 266 g/mol. The van der Waals surface area contributed by atoms with Crippen molar-refractivity contribution in [1.29, 1.82) is 0 Å². The quantitative estimate of drug-likeness (QED) is 0.910. The molecule has 2 heterocycles. The average molecular weight is 291 g/mol. The molecule has 20 heavy (non-hydrogen) atoms. The van der Waals surface area contributed by atoms with E-state index in [-0.39, 0.29) is 0 Å². The van der Waals surface area contributed by atoms with Crippen LogP contribution in [0.4, 0.5) is 0 Å². The number of fused-ring (bicyclic) bond motifs is 1. The highest BCUT2D eigenvalue weighted by Gasteiger charge is 2.24. The molecule has 1 saturated heterocycles. The Labute approximate surface area is 126 Å². The molecule has 1 aromatic rings. The maximum Gasteiger partial charge on any atom is 0.0345 e. The van der Waals surface area contributed by atoms with Gasteiger partial charge in [0.05, 0.1) is 0 Å². The van der Waals surface area contributed by atoms with Gasteiger partial charge in [-0.3, -0.25) is 4.90 Å². The van der Waals surface area contributed by atoms with Gasteiger partial charge >= 0.3 is 0 Å². The fourth-order valence-corrected chi connectivity index (χ4v) is 4.40. The monoisotopic (exact) mass is 291 g/mol. The number of likely N-dealkylation sites (N-methyl/N-ethyl adjacent to an activating group) is 2. The second-order valence-corrected chi connectivity index (χ2v) is 7.16. The minimum absolute atomic E-state index is 0.651.